The van der Waals surface area contributed by atoms with Crippen LogP contribution in [0.25, 0.3) is 54.8 Å². The van der Waals surface area contributed by atoms with E-state index in [9.17, 15) is 0 Å². The summed E-state index contributed by atoms with van der Waals surface area (Å²) in [6.45, 7) is 0. The highest BCUT2D eigenvalue weighted by atomic mass is 16.5. The van der Waals surface area contributed by atoms with Crippen LogP contribution in [0.2, 0.25) is 0 Å². The van der Waals surface area contributed by atoms with Crippen LogP contribution in [0.5, 0.6) is 5.75 Å². The van der Waals surface area contributed by atoms with Gasteiger partial charge in [0.1, 0.15) is 34.2 Å². The van der Waals surface area contributed by atoms with Gasteiger partial charge in [0.05, 0.1) is 5.52 Å². The summed E-state index contributed by atoms with van der Waals surface area (Å²) in [7, 11) is 0. The molecule has 0 saturated carbocycles. The first-order valence-electron chi connectivity index (χ1n) is 14.9. The van der Waals surface area contributed by atoms with Gasteiger partial charge in [0.25, 0.3) is 0 Å². The molecule has 0 saturated heterocycles. The van der Waals surface area contributed by atoms with Crippen molar-refractivity contribution >= 4 is 71.8 Å². The van der Waals surface area contributed by atoms with Crippen LogP contribution in [-0.2, 0) is 0 Å². The molecule has 10 rings (SSSR count). The van der Waals surface area contributed by atoms with Gasteiger partial charge in [-0.2, -0.15) is 0 Å². The number of ether oxygens (including phenoxy) is 1. The molecule has 8 aromatic rings. The summed E-state index contributed by atoms with van der Waals surface area (Å²) in [5.74, 6) is 1.12. The van der Waals surface area contributed by atoms with E-state index in [2.05, 4.69) is 102 Å². The third-order valence-corrected chi connectivity index (χ3v) is 9.03. The molecule has 0 N–H and O–H groups in total. The maximum atomic E-state index is 6.57. The lowest BCUT2D eigenvalue weighted by Gasteiger charge is -2.26. The van der Waals surface area contributed by atoms with Crippen LogP contribution in [0.15, 0.2) is 142 Å². The molecule has 2 aliphatic rings. The van der Waals surface area contributed by atoms with Crippen LogP contribution in [0.1, 0.15) is 11.5 Å². The first kappa shape index (κ1) is 23.7. The zero-order valence-electron chi connectivity index (χ0n) is 23.5. The van der Waals surface area contributed by atoms with E-state index in [0.29, 0.717) is 0 Å². The molecule has 3 aromatic heterocycles. The number of furan rings is 2. The standard InChI is InChI=1S/C39H24N2O3/c1-4-10-33-29(9-1)39-32(22-40-33)28-16-13-25(21-38(28)44-39)41(23-14-17-36-30(19-23)26-7-2-5-11-34(26)42-36)24-15-18-37-31(20-24)27-8-3-6-12-35(27)43-37/h1-22,26,34H. The molecule has 1 aliphatic heterocycles. The number of rotatable bonds is 3. The minimum atomic E-state index is 0.0303. The fourth-order valence-electron chi connectivity index (χ4n) is 6.95. The van der Waals surface area contributed by atoms with Crippen LogP contribution in [-0.4, -0.2) is 11.1 Å². The molecule has 44 heavy (non-hydrogen) atoms. The number of allylic oxidation sites excluding steroid dienone is 2. The molecule has 0 bridgehead atoms. The second-order valence-corrected chi connectivity index (χ2v) is 11.5. The van der Waals surface area contributed by atoms with E-state index in [-0.39, 0.29) is 12.0 Å². The van der Waals surface area contributed by atoms with Gasteiger partial charge in [-0.3, -0.25) is 4.98 Å². The minimum absolute atomic E-state index is 0.0303. The highest BCUT2D eigenvalue weighted by molar-refractivity contribution is 6.14. The molecule has 5 nitrogen and oxygen atoms in total. The Bertz CT molecular complexity index is 2520. The molecule has 0 spiro atoms. The van der Waals surface area contributed by atoms with Gasteiger partial charge >= 0.3 is 0 Å². The molecule has 0 fully saturated rings. The number of pyridine rings is 1. The number of aromatic nitrogens is 1. The summed E-state index contributed by atoms with van der Waals surface area (Å²) in [5.41, 5.74) is 8.61. The van der Waals surface area contributed by atoms with Crippen LogP contribution in [0.3, 0.4) is 0 Å². The van der Waals surface area contributed by atoms with Crippen molar-refractivity contribution < 1.29 is 13.6 Å². The average molecular weight is 569 g/mol. The second-order valence-electron chi connectivity index (χ2n) is 11.5. The minimum Gasteiger partial charge on any atom is -0.485 e. The van der Waals surface area contributed by atoms with Gasteiger partial charge in [-0.15, -0.1) is 0 Å². The molecule has 2 atom stereocenters. The van der Waals surface area contributed by atoms with E-state index in [1.165, 1.54) is 5.56 Å². The molecule has 5 aromatic carbocycles. The Kier molecular flexibility index (Phi) is 4.77. The van der Waals surface area contributed by atoms with Gasteiger partial charge < -0.3 is 18.5 Å². The Labute approximate surface area is 251 Å². The van der Waals surface area contributed by atoms with Crippen molar-refractivity contribution in [1.82, 2.24) is 4.98 Å². The van der Waals surface area contributed by atoms with E-state index in [4.69, 9.17) is 18.6 Å². The normalized spacial score (nSPS) is 17.1. The van der Waals surface area contributed by atoms with E-state index in [0.717, 1.165) is 77.6 Å². The van der Waals surface area contributed by atoms with Crippen molar-refractivity contribution in [2.24, 2.45) is 0 Å². The number of para-hydroxylation sites is 2. The number of benzene rings is 5. The first-order chi connectivity index (χ1) is 21.8. The van der Waals surface area contributed by atoms with E-state index < -0.39 is 0 Å². The van der Waals surface area contributed by atoms with Gasteiger partial charge in [0.15, 0.2) is 0 Å². The maximum Gasteiger partial charge on any atom is 0.146 e. The van der Waals surface area contributed by atoms with Gasteiger partial charge in [-0.1, -0.05) is 48.6 Å². The lowest BCUT2D eigenvalue weighted by atomic mass is 9.91. The number of hydrogen-bond donors (Lipinski definition) is 0. The van der Waals surface area contributed by atoms with E-state index in [1.54, 1.807) is 0 Å². The van der Waals surface area contributed by atoms with Crippen molar-refractivity contribution in [1.29, 1.82) is 0 Å². The predicted molar refractivity (Wildman–Crippen MR) is 176 cm³/mol. The van der Waals surface area contributed by atoms with Crippen molar-refractivity contribution in [2.75, 3.05) is 4.90 Å². The van der Waals surface area contributed by atoms with Crippen molar-refractivity contribution in [3.8, 4) is 5.75 Å². The Balaban J connectivity index is 1.20. The smallest absolute Gasteiger partial charge is 0.146 e. The summed E-state index contributed by atoms with van der Waals surface area (Å²) in [6.07, 6.45) is 10.5. The highest BCUT2D eigenvalue weighted by Gasteiger charge is 2.33. The van der Waals surface area contributed by atoms with Crippen molar-refractivity contribution in [2.45, 2.75) is 12.0 Å². The lowest BCUT2D eigenvalue weighted by Crippen LogP contribution is -2.15. The molecule has 5 heteroatoms. The average Bonchev–Trinajstić information content (AvgIpc) is 3.75. The maximum absolute atomic E-state index is 6.57. The van der Waals surface area contributed by atoms with Gasteiger partial charge in [0, 0.05) is 67.7 Å². The fraction of sp³-hybridized carbons (Fsp3) is 0.0513. The zero-order chi connectivity index (χ0) is 28.8. The Hall–Kier alpha value is -5.81. The summed E-state index contributed by atoms with van der Waals surface area (Å²) in [6, 6.07) is 35.7. The van der Waals surface area contributed by atoms with Crippen molar-refractivity contribution in [3.63, 3.8) is 0 Å². The third kappa shape index (κ3) is 3.38. The molecular formula is C39H24N2O3. The van der Waals surface area contributed by atoms with E-state index in [1.807, 2.05) is 36.5 Å². The predicted octanol–water partition coefficient (Wildman–Crippen LogP) is 10.5. The molecule has 4 heterocycles. The summed E-state index contributed by atoms with van der Waals surface area (Å²) in [5, 5.41) is 5.25. The quantitative estimate of drug-likeness (QED) is 0.212. The van der Waals surface area contributed by atoms with Crippen LogP contribution < -0.4 is 9.64 Å². The first-order valence-corrected chi connectivity index (χ1v) is 14.9. The highest BCUT2D eigenvalue weighted by Crippen LogP contribution is 2.46. The molecule has 2 unspecified atom stereocenters. The molecular weight excluding hydrogens is 544 g/mol. The number of nitrogens with zero attached hydrogens (tertiary/aromatic N) is 2. The van der Waals surface area contributed by atoms with Crippen LogP contribution in [0.4, 0.5) is 17.1 Å². The summed E-state index contributed by atoms with van der Waals surface area (Å²) >= 11 is 0. The topological polar surface area (TPSA) is 51.6 Å². The Morgan fingerprint density at radius 3 is 2.30 bits per heavy atom. The lowest BCUT2D eigenvalue weighted by molar-refractivity contribution is 0.269. The third-order valence-electron chi connectivity index (χ3n) is 9.03. The fourth-order valence-corrected chi connectivity index (χ4v) is 6.95. The van der Waals surface area contributed by atoms with Gasteiger partial charge in [-0.05, 0) is 72.8 Å². The van der Waals surface area contributed by atoms with Crippen LogP contribution in [0, 0.1) is 0 Å². The van der Waals surface area contributed by atoms with Gasteiger partial charge in [0.2, 0.25) is 0 Å². The number of fused-ring (bicyclic) bond motifs is 11. The largest absolute Gasteiger partial charge is 0.485 e. The molecule has 0 amide bonds. The van der Waals surface area contributed by atoms with Crippen LogP contribution >= 0.6 is 0 Å². The summed E-state index contributed by atoms with van der Waals surface area (Å²) in [4.78, 5) is 6.99. The molecule has 0 radical (unpaired) electrons. The van der Waals surface area contributed by atoms with Crippen molar-refractivity contribution in [3.05, 3.63) is 139 Å². The monoisotopic (exact) mass is 568 g/mol. The zero-order valence-corrected chi connectivity index (χ0v) is 23.5. The van der Waals surface area contributed by atoms with E-state index >= 15 is 0 Å². The molecule has 1 aliphatic carbocycles. The number of hydrogen-bond acceptors (Lipinski definition) is 5. The molecule has 208 valence electrons. The number of anilines is 3. The van der Waals surface area contributed by atoms with Gasteiger partial charge in [-0.25, -0.2) is 0 Å². The SMILES string of the molecule is C1=CC2Oc3ccc(N(c4ccc5c(c4)oc4c6ccccc6ncc54)c4ccc5oc6ccccc6c5c4)cc3C2C=C1. The second kappa shape index (κ2) is 8.85. The Morgan fingerprint density at radius 1 is 0.568 bits per heavy atom. The Morgan fingerprint density at radius 2 is 1.32 bits per heavy atom. The summed E-state index contributed by atoms with van der Waals surface area (Å²) < 4.78 is 19.0.